The van der Waals surface area contributed by atoms with Crippen LogP contribution in [0.5, 0.6) is 0 Å². The number of anilines is 1. The fourth-order valence-corrected chi connectivity index (χ4v) is 1.50. The molecule has 0 saturated heterocycles. The van der Waals surface area contributed by atoms with Crippen LogP contribution in [0, 0.1) is 6.92 Å². The molecule has 2 heterocycles. The molecule has 6 nitrogen and oxygen atoms in total. The van der Waals surface area contributed by atoms with E-state index in [9.17, 15) is 4.79 Å². The topological polar surface area (TPSA) is 85.3 Å². The molecule has 90 valence electrons. The van der Waals surface area contributed by atoms with Gasteiger partial charge < -0.3 is 11.1 Å². The highest BCUT2D eigenvalue weighted by Gasteiger charge is 2.25. The molecule has 0 saturated carbocycles. The van der Waals surface area contributed by atoms with E-state index in [-0.39, 0.29) is 0 Å². The quantitative estimate of drug-likeness (QED) is 0.817. The van der Waals surface area contributed by atoms with Gasteiger partial charge in [-0.05, 0) is 26.8 Å². The summed E-state index contributed by atoms with van der Waals surface area (Å²) in [7, 11) is 0. The third kappa shape index (κ3) is 2.06. The average molecular weight is 233 g/mol. The van der Waals surface area contributed by atoms with Gasteiger partial charge in [0.05, 0.1) is 5.69 Å². The molecule has 0 aromatic carbocycles. The van der Waals surface area contributed by atoms with E-state index in [1.165, 1.54) is 0 Å². The van der Waals surface area contributed by atoms with E-state index in [2.05, 4.69) is 15.4 Å². The molecule has 2 aromatic heterocycles. The summed E-state index contributed by atoms with van der Waals surface area (Å²) in [4.78, 5) is 15.5. The van der Waals surface area contributed by atoms with Crippen molar-refractivity contribution in [3.63, 3.8) is 0 Å². The lowest BCUT2D eigenvalue weighted by molar-refractivity contribution is -0.121. The Labute approximate surface area is 98.8 Å². The van der Waals surface area contributed by atoms with Gasteiger partial charge in [-0.25, -0.2) is 9.50 Å². The van der Waals surface area contributed by atoms with Crippen molar-refractivity contribution in [1.82, 2.24) is 14.6 Å². The highest BCUT2D eigenvalue weighted by Crippen LogP contribution is 2.18. The molecular formula is C11H15N5O. The monoisotopic (exact) mass is 233 g/mol. The molecule has 0 atom stereocenters. The standard InChI is InChI=1S/C11H15N5O/c1-7-6-8-9(13-4-5-16(8)15-7)14-11(2,3)10(12)17/h4-6H,1-3H3,(H2,12,17)(H,13,14). The van der Waals surface area contributed by atoms with E-state index >= 15 is 0 Å². The summed E-state index contributed by atoms with van der Waals surface area (Å²) >= 11 is 0. The van der Waals surface area contributed by atoms with Gasteiger partial charge >= 0.3 is 0 Å². The van der Waals surface area contributed by atoms with Crippen LogP contribution in [0.25, 0.3) is 5.52 Å². The molecule has 0 unspecified atom stereocenters. The van der Waals surface area contributed by atoms with Crippen molar-refractivity contribution in [3.8, 4) is 0 Å². The zero-order valence-corrected chi connectivity index (χ0v) is 10.1. The highest BCUT2D eigenvalue weighted by atomic mass is 16.1. The van der Waals surface area contributed by atoms with Gasteiger partial charge in [0.2, 0.25) is 5.91 Å². The summed E-state index contributed by atoms with van der Waals surface area (Å²) in [5.41, 5.74) is 6.17. The SMILES string of the molecule is Cc1cc2c(NC(C)(C)C(N)=O)nccn2n1. The van der Waals surface area contributed by atoms with E-state index in [1.54, 1.807) is 30.8 Å². The predicted octanol–water partition coefficient (Wildman–Crippen LogP) is 0.714. The van der Waals surface area contributed by atoms with Crippen LogP contribution in [0.1, 0.15) is 19.5 Å². The van der Waals surface area contributed by atoms with Crippen molar-refractivity contribution in [3.05, 3.63) is 24.2 Å². The van der Waals surface area contributed by atoms with Gasteiger partial charge in [-0.3, -0.25) is 4.79 Å². The van der Waals surface area contributed by atoms with E-state index in [1.807, 2.05) is 13.0 Å². The van der Waals surface area contributed by atoms with Gasteiger partial charge in [0.15, 0.2) is 5.82 Å². The van der Waals surface area contributed by atoms with E-state index < -0.39 is 11.4 Å². The van der Waals surface area contributed by atoms with Gasteiger partial charge in [-0.2, -0.15) is 5.10 Å². The van der Waals surface area contributed by atoms with Crippen molar-refractivity contribution in [2.75, 3.05) is 5.32 Å². The molecule has 17 heavy (non-hydrogen) atoms. The molecule has 2 aromatic rings. The first-order valence-corrected chi connectivity index (χ1v) is 5.29. The lowest BCUT2D eigenvalue weighted by atomic mass is 10.1. The number of carbonyl (C=O) groups is 1. The summed E-state index contributed by atoms with van der Waals surface area (Å²) in [5, 5.41) is 7.30. The van der Waals surface area contributed by atoms with Gasteiger partial charge in [-0.15, -0.1) is 0 Å². The van der Waals surface area contributed by atoms with Gasteiger partial charge in [0.1, 0.15) is 11.1 Å². The predicted molar refractivity (Wildman–Crippen MR) is 64.6 cm³/mol. The number of carbonyl (C=O) groups excluding carboxylic acids is 1. The minimum atomic E-state index is -0.854. The number of rotatable bonds is 3. The van der Waals surface area contributed by atoms with Crippen molar-refractivity contribution in [2.24, 2.45) is 5.73 Å². The number of nitrogens with one attached hydrogen (secondary N) is 1. The minimum Gasteiger partial charge on any atom is -0.368 e. The molecular weight excluding hydrogens is 218 g/mol. The molecule has 0 bridgehead atoms. The third-order valence-electron chi connectivity index (χ3n) is 2.56. The summed E-state index contributed by atoms with van der Waals surface area (Å²) in [5.74, 6) is 0.162. The van der Waals surface area contributed by atoms with E-state index in [0.29, 0.717) is 5.82 Å². The molecule has 6 heteroatoms. The molecule has 0 spiro atoms. The summed E-state index contributed by atoms with van der Waals surface area (Å²) in [6.45, 7) is 5.32. The van der Waals surface area contributed by atoms with Crippen molar-refractivity contribution in [2.45, 2.75) is 26.3 Å². The molecule has 3 N–H and O–H groups in total. The second-order valence-electron chi connectivity index (χ2n) is 4.51. The average Bonchev–Trinajstić information content (AvgIpc) is 2.59. The molecule has 0 aliphatic rings. The Morgan fingerprint density at radius 2 is 2.24 bits per heavy atom. The Bertz CT molecular complexity index is 572. The largest absolute Gasteiger partial charge is 0.368 e. The maximum absolute atomic E-state index is 11.3. The number of fused-ring (bicyclic) bond motifs is 1. The summed E-state index contributed by atoms with van der Waals surface area (Å²) in [6.07, 6.45) is 3.38. The summed E-state index contributed by atoms with van der Waals surface area (Å²) < 4.78 is 1.71. The first-order valence-electron chi connectivity index (χ1n) is 5.29. The molecule has 2 rings (SSSR count). The van der Waals surface area contributed by atoms with Crippen molar-refractivity contribution < 1.29 is 4.79 Å². The van der Waals surface area contributed by atoms with Crippen molar-refractivity contribution >= 4 is 17.2 Å². The summed E-state index contributed by atoms with van der Waals surface area (Å²) in [6, 6.07) is 1.90. The maximum Gasteiger partial charge on any atom is 0.242 e. The Kier molecular flexibility index (Phi) is 2.49. The molecule has 0 radical (unpaired) electrons. The molecule has 0 aliphatic carbocycles. The maximum atomic E-state index is 11.3. The van der Waals surface area contributed by atoms with Gasteiger partial charge in [-0.1, -0.05) is 0 Å². The van der Waals surface area contributed by atoms with Crippen molar-refractivity contribution in [1.29, 1.82) is 0 Å². The second kappa shape index (κ2) is 3.73. The first-order chi connectivity index (χ1) is 7.90. The van der Waals surface area contributed by atoms with Gasteiger partial charge in [0.25, 0.3) is 0 Å². The van der Waals surface area contributed by atoms with Crippen LogP contribution in [-0.2, 0) is 4.79 Å². The molecule has 0 fully saturated rings. The third-order valence-corrected chi connectivity index (χ3v) is 2.56. The van der Waals surface area contributed by atoms with E-state index in [0.717, 1.165) is 11.2 Å². The number of aryl methyl sites for hydroxylation is 1. The first kappa shape index (κ1) is 11.4. The van der Waals surface area contributed by atoms with Crippen LogP contribution in [0.2, 0.25) is 0 Å². The Hall–Kier alpha value is -2.11. The van der Waals surface area contributed by atoms with Crippen LogP contribution >= 0.6 is 0 Å². The second-order valence-corrected chi connectivity index (χ2v) is 4.51. The zero-order valence-electron chi connectivity index (χ0n) is 10.1. The molecule has 0 aliphatic heterocycles. The number of hydrogen-bond acceptors (Lipinski definition) is 4. The number of aromatic nitrogens is 3. The number of hydrogen-bond donors (Lipinski definition) is 2. The minimum absolute atomic E-state index is 0.433. The number of primary amides is 1. The van der Waals surface area contributed by atoms with E-state index in [4.69, 9.17) is 5.73 Å². The zero-order chi connectivity index (χ0) is 12.6. The number of nitrogens with two attached hydrogens (primary N) is 1. The lowest BCUT2D eigenvalue weighted by Gasteiger charge is -2.23. The normalized spacial score (nSPS) is 11.7. The molecule has 1 amide bonds. The fourth-order valence-electron chi connectivity index (χ4n) is 1.50. The smallest absolute Gasteiger partial charge is 0.242 e. The highest BCUT2D eigenvalue weighted by molar-refractivity contribution is 5.88. The number of amides is 1. The fraction of sp³-hybridized carbons (Fsp3) is 0.364. The Morgan fingerprint density at radius 3 is 2.88 bits per heavy atom. The van der Waals surface area contributed by atoms with Crippen LogP contribution in [0.3, 0.4) is 0 Å². The van der Waals surface area contributed by atoms with Crippen LogP contribution in [0.15, 0.2) is 18.5 Å². The lowest BCUT2D eigenvalue weighted by Crippen LogP contribution is -2.45. The van der Waals surface area contributed by atoms with Crippen LogP contribution in [-0.4, -0.2) is 26.0 Å². The van der Waals surface area contributed by atoms with Crippen LogP contribution < -0.4 is 11.1 Å². The van der Waals surface area contributed by atoms with Gasteiger partial charge in [0, 0.05) is 12.4 Å². The Balaban J connectivity index is 2.46. The Morgan fingerprint density at radius 1 is 1.53 bits per heavy atom. The number of nitrogens with zero attached hydrogens (tertiary/aromatic N) is 3. The van der Waals surface area contributed by atoms with Crippen LogP contribution in [0.4, 0.5) is 5.82 Å².